The molecule has 0 atom stereocenters. The Labute approximate surface area is 208 Å². The molecule has 2 N–H and O–H groups in total. The number of H-pyrrole nitrogens is 2. The number of aromatic amines is 2. The molecule has 3 aliphatic heterocycles. The van der Waals surface area contributed by atoms with E-state index in [2.05, 4.69) is 15.1 Å². The van der Waals surface area contributed by atoms with E-state index in [-0.39, 0.29) is 0 Å². The van der Waals surface area contributed by atoms with Gasteiger partial charge in [-0.1, -0.05) is 66.7 Å². The van der Waals surface area contributed by atoms with Crippen LogP contribution in [0.1, 0.15) is 22.3 Å². The van der Waals surface area contributed by atoms with Crippen LogP contribution in [0.25, 0.3) is 10.8 Å². The summed E-state index contributed by atoms with van der Waals surface area (Å²) in [4.78, 5) is 37.0. The molecule has 3 aromatic carbocycles. The van der Waals surface area contributed by atoms with Gasteiger partial charge in [0.2, 0.25) is 5.84 Å². The summed E-state index contributed by atoms with van der Waals surface area (Å²) in [5, 5.41) is 5.03. The molecule has 0 saturated heterocycles. The molecular formula is C27H17N10+. The average molecular weight is 482 g/mol. The highest BCUT2D eigenvalue weighted by Gasteiger charge is 2.28. The van der Waals surface area contributed by atoms with Gasteiger partial charge in [0.25, 0.3) is 0 Å². The van der Waals surface area contributed by atoms with Gasteiger partial charge in [-0.05, 0) is 16.0 Å². The smallest absolute Gasteiger partial charge is 0.324 e. The maximum atomic E-state index is 4.95. The van der Waals surface area contributed by atoms with E-state index in [1.807, 2.05) is 79.8 Å². The van der Waals surface area contributed by atoms with Crippen molar-refractivity contribution in [3.63, 3.8) is 0 Å². The van der Waals surface area contributed by atoms with Crippen LogP contribution in [0, 0.1) is 0 Å². The van der Waals surface area contributed by atoms with Gasteiger partial charge in [0.15, 0.2) is 17.5 Å². The van der Waals surface area contributed by atoms with Gasteiger partial charge in [-0.2, -0.15) is 19.8 Å². The Morgan fingerprint density at radius 3 is 1.54 bits per heavy atom. The van der Waals surface area contributed by atoms with Crippen molar-refractivity contribution in [1.82, 2.24) is 15.1 Å². The SMILES string of the molecule is C[n+]1[nH]c2nc1N=C1N=C(N=c3[nH]c(c4ccccc34)=NC3=NC(=N2)c2ccccc23)c2ccccc21. The van der Waals surface area contributed by atoms with Crippen LogP contribution >= 0.6 is 0 Å². The maximum absolute atomic E-state index is 4.95. The molecule has 0 saturated carbocycles. The number of nitrogens with zero attached hydrogens (tertiary/aromatic N) is 8. The van der Waals surface area contributed by atoms with Crippen LogP contribution in [0.15, 0.2) is 103 Å². The molecule has 0 aliphatic carbocycles. The summed E-state index contributed by atoms with van der Waals surface area (Å²) in [5.41, 5.74) is 4.92. The Hall–Kier alpha value is -5.38. The molecule has 5 aromatic rings. The largest absolute Gasteiger partial charge is 0.456 e. The van der Waals surface area contributed by atoms with Gasteiger partial charge in [-0.3, -0.25) is 0 Å². The van der Waals surface area contributed by atoms with Crippen molar-refractivity contribution >= 4 is 46.0 Å². The third-order valence-electron chi connectivity index (χ3n) is 6.54. The van der Waals surface area contributed by atoms with Crippen LogP contribution in [0.5, 0.6) is 0 Å². The lowest BCUT2D eigenvalue weighted by molar-refractivity contribution is -0.714. The minimum absolute atomic E-state index is 0.386. The zero-order chi connectivity index (χ0) is 24.5. The van der Waals surface area contributed by atoms with Crippen molar-refractivity contribution in [3.05, 3.63) is 106 Å². The molecule has 37 heavy (non-hydrogen) atoms. The summed E-state index contributed by atoms with van der Waals surface area (Å²) in [5.74, 6) is 3.03. The molecule has 5 heterocycles. The first-order valence-corrected chi connectivity index (χ1v) is 11.8. The van der Waals surface area contributed by atoms with Crippen LogP contribution in [-0.4, -0.2) is 38.4 Å². The van der Waals surface area contributed by atoms with E-state index < -0.39 is 0 Å². The number of fused-ring (bicyclic) bond motifs is 15. The molecule has 3 aliphatic rings. The van der Waals surface area contributed by atoms with Crippen LogP contribution < -0.4 is 15.7 Å². The number of hydrogen-bond acceptors (Lipinski definition) is 7. The second kappa shape index (κ2) is 7.31. The molecule has 0 spiro atoms. The molecule has 8 bridgehead atoms. The summed E-state index contributed by atoms with van der Waals surface area (Å²) in [6, 6.07) is 23.8. The lowest BCUT2D eigenvalue weighted by Crippen LogP contribution is -2.29. The van der Waals surface area contributed by atoms with Crippen molar-refractivity contribution in [2.45, 2.75) is 0 Å². The molecule has 0 radical (unpaired) electrons. The first kappa shape index (κ1) is 19.9. The predicted octanol–water partition coefficient (Wildman–Crippen LogP) is 2.35. The Kier molecular flexibility index (Phi) is 3.93. The minimum atomic E-state index is 0.386. The van der Waals surface area contributed by atoms with Gasteiger partial charge in [-0.25, -0.2) is 15.0 Å². The van der Waals surface area contributed by atoms with E-state index in [0.717, 1.165) is 33.0 Å². The zero-order valence-corrected chi connectivity index (χ0v) is 19.5. The van der Waals surface area contributed by atoms with Gasteiger partial charge >= 0.3 is 11.9 Å². The quantitative estimate of drug-likeness (QED) is 0.324. The number of rotatable bonds is 0. The summed E-state index contributed by atoms with van der Waals surface area (Å²) < 4.78 is 1.71. The summed E-state index contributed by atoms with van der Waals surface area (Å²) in [6.45, 7) is 0. The zero-order valence-electron chi connectivity index (χ0n) is 19.5. The fourth-order valence-corrected chi connectivity index (χ4v) is 4.80. The fraction of sp³-hybridized carbons (Fsp3) is 0.0370. The Morgan fingerprint density at radius 1 is 0.541 bits per heavy atom. The average Bonchev–Trinajstić information content (AvgIpc) is 3.65. The number of benzene rings is 3. The lowest BCUT2D eigenvalue weighted by Gasteiger charge is -1.97. The number of nitrogens with one attached hydrogen (secondary N) is 2. The first-order chi connectivity index (χ1) is 18.2. The van der Waals surface area contributed by atoms with Crippen molar-refractivity contribution in [2.75, 3.05) is 0 Å². The van der Waals surface area contributed by atoms with E-state index in [4.69, 9.17) is 30.0 Å². The van der Waals surface area contributed by atoms with Crippen molar-refractivity contribution in [2.24, 2.45) is 37.0 Å². The molecule has 0 unspecified atom stereocenters. The number of aliphatic imine (C=N–C) groups is 4. The van der Waals surface area contributed by atoms with E-state index >= 15 is 0 Å². The molecule has 10 nitrogen and oxygen atoms in total. The molecule has 10 heteroatoms. The number of hydrogen-bond donors (Lipinski definition) is 2. The first-order valence-electron chi connectivity index (χ1n) is 11.8. The van der Waals surface area contributed by atoms with Crippen LogP contribution in [-0.2, 0) is 7.05 Å². The summed E-state index contributed by atoms with van der Waals surface area (Å²) in [6.07, 6.45) is 0. The van der Waals surface area contributed by atoms with Crippen LogP contribution in [0.2, 0.25) is 0 Å². The normalized spacial score (nSPS) is 15.2. The van der Waals surface area contributed by atoms with E-state index in [9.17, 15) is 0 Å². The van der Waals surface area contributed by atoms with Crippen LogP contribution in [0.4, 0.5) is 11.9 Å². The molecule has 0 fully saturated rings. The Bertz CT molecular complexity index is 2050. The third-order valence-corrected chi connectivity index (χ3v) is 6.54. The summed E-state index contributed by atoms with van der Waals surface area (Å²) in [7, 11) is 1.83. The Balaban J connectivity index is 1.49. The van der Waals surface area contributed by atoms with E-state index in [1.165, 1.54) is 0 Å². The molecular weight excluding hydrogens is 464 g/mol. The molecule has 174 valence electrons. The van der Waals surface area contributed by atoms with Gasteiger partial charge < -0.3 is 4.98 Å². The monoisotopic (exact) mass is 481 g/mol. The minimum Gasteiger partial charge on any atom is -0.324 e. The number of aromatic nitrogens is 4. The maximum Gasteiger partial charge on any atom is 0.456 e. The Morgan fingerprint density at radius 2 is 1.00 bits per heavy atom. The molecule has 8 rings (SSSR count). The van der Waals surface area contributed by atoms with E-state index in [0.29, 0.717) is 46.2 Å². The highest BCUT2D eigenvalue weighted by Crippen LogP contribution is 2.24. The number of aryl methyl sites for hydroxylation is 1. The van der Waals surface area contributed by atoms with Crippen molar-refractivity contribution < 1.29 is 4.68 Å². The standard InChI is InChI=1S/C27H16N10/c1-37-27-34-25-19-13-7-5-11-17(19)23(32-25)30-21-15-9-3-2-8-14(15)20(28-21)29-22-16-10-4-6-12-18(16)24(31-22)33-26(35-27)36-37/h2-13H,1H3,(H,28,29,30,31,32,33,34,35,36)/p+1. The predicted molar refractivity (Wildman–Crippen MR) is 139 cm³/mol. The van der Waals surface area contributed by atoms with E-state index in [1.54, 1.807) is 4.68 Å². The number of amidine groups is 4. The third kappa shape index (κ3) is 2.99. The highest BCUT2D eigenvalue weighted by molar-refractivity contribution is 6.24. The van der Waals surface area contributed by atoms with Gasteiger partial charge in [0.05, 0.1) is 7.05 Å². The molecule has 0 amide bonds. The highest BCUT2D eigenvalue weighted by atomic mass is 15.4. The lowest BCUT2D eigenvalue weighted by atomic mass is 10.1. The second-order valence-corrected chi connectivity index (χ2v) is 8.83. The molecule has 2 aromatic heterocycles. The summed E-state index contributed by atoms with van der Waals surface area (Å²) >= 11 is 0. The fourth-order valence-electron chi connectivity index (χ4n) is 4.80. The second-order valence-electron chi connectivity index (χ2n) is 8.83. The van der Waals surface area contributed by atoms with Crippen molar-refractivity contribution in [1.29, 1.82) is 0 Å². The van der Waals surface area contributed by atoms with Crippen LogP contribution in [0.3, 0.4) is 0 Å². The van der Waals surface area contributed by atoms with Crippen molar-refractivity contribution in [3.8, 4) is 0 Å². The topological polar surface area (TPSA) is 123 Å². The van der Waals surface area contributed by atoms with Gasteiger partial charge in [0.1, 0.15) is 11.0 Å². The van der Waals surface area contributed by atoms with Gasteiger partial charge in [0, 0.05) is 33.0 Å². The van der Waals surface area contributed by atoms with Gasteiger partial charge in [-0.15, -0.1) is 0 Å².